The molecule has 3 N–H and O–H groups in total. The molecule has 0 aliphatic heterocycles. The second kappa shape index (κ2) is 7.04. The molecule has 6 nitrogen and oxygen atoms in total. The Hall–Kier alpha value is -1.89. The van der Waals surface area contributed by atoms with Crippen molar-refractivity contribution in [1.82, 2.24) is 15.0 Å². The molecule has 0 amide bonds. The van der Waals surface area contributed by atoms with Gasteiger partial charge in [-0.3, -0.25) is 0 Å². The topological polar surface area (TPSA) is 86.0 Å². The Kier molecular flexibility index (Phi) is 5.11. The fourth-order valence-electron chi connectivity index (χ4n) is 1.73. The van der Waals surface area contributed by atoms with E-state index in [-0.39, 0.29) is 18.0 Å². The molecule has 0 aliphatic rings. The number of rotatable bonds is 7. The van der Waals surface area contributed by atoms with Crippen LogP contribution in [-0.4, -0.2) is 27.6 Å². The fraction of sp³-hybridized carbons (Fsp3) is 0.462. The molecule has 2 rings (SSSR count). The van der Waals surface area contributed by atoms with Crippen LogP contribution in [0.2, 0.25) is 0 Å². The van der Waals surface area contributed by atoms with E-state index >= 15 is 0 Å². The van der Waals surface area contributed by atoms with E-state index in [1.807, 2.05) is 6.92 Å². The van der Waals surface area contributed by atoms with Gasteiger partial charge in [-0.25, -0.2) is 0 Å². The molecule has 1 atom stereocenters. The summed E-state index contributed by atoms with van der Waals surface area (Å²) in [6.45, 7) is 4.66. The Morgan fingerprint density at radius 3 is 2.95 bits per heavy atom. The lowest BCUT2D eigenvalue weighted by Crippen LogP contribution is -2.20. The van der Waals surface area contributed by atoms with Crippen LogP contribution in [0.4, 0.5) is 11.9 Å². The van der Waals surface area contributed by atoms with Crippen molar-refractivity contribution in [3.8, 4) is 6.01 Å². The van der Waals surface area contributed by atoms with E-state index in [4.69, 9.17) is 10.5 Å². The first-order valence-corrected chi connectivity index (χ1v) is 7.53. The predicted molar refractivity (Wildman–Crippen MR) is 81.1 cm³/mol. The van der Waals surface area contributed by atoms with E-state index < -0.39 is 0 Å². The van der Waals surface area contributed by atoms with Crippen LogP contribution < -0.4 is 15.8 Å². The van der Waals surface area contributed by atoms with Gasteiger partial charge in [0.25, 0.3) is 0 Å². The minimum atomic E-state index is 0.163. The molecule has 108 valence electrons. The Morgan fingerprint density at radius 2 is 2.25 bits per heavy atom. The molecule has 2 aromatic rings. The largest absolute Gasteiger partial charge is 0.463 e. The average molecular weight is 293 g/mol. The maximum absolute atomic E-state index is 5.66. The normalized spacial score (nSPS) is 12.1. The smallest absolute Gasteiger partial charge is 0.323 e. The molecule has 2 aromatic heterocycles. The van der Waals surface area contributed by atoms with Crippen molar-refractivity contribution in [3.05, 3.63) is 22.4 Å². The van der Waals surface area contributed by atoms with Crippen molar-refractivity contribution in [2.45, 2.75) is 32.7 Å². The maximum atomic E-state index is 5.66. The number of ether oxygens (including phenoxy) is 1. The zero-order valence-corrected chi connectivity index (χ0v) is 12.5. The van der Waals surface area contributed by atoms with Gasteiger partial charge in [0, 0.05) is 6.04 Å². The molecule has 0 saturated heterocycles. The van der Waals surface area contributed by atoms with Crippen molar-refractivity contribution in [1.29, 1.82) is 0 Å². The summed E-state index contributed by atoms with van der Waals surface area (Å²) in [6, 6.07) is 2.58. The van der Waals surface area contributed by atoms with Gasteiger partial charge in [-0.05, 0) is 42.2 Å². The van der Waals surface area contributed by atoms with Crippen LogP contribution in [-0.2, 0) is 6.42 Å². The fourth-order valence-corrected chi connectivity index (χ4v) is 2.41. The van der Waals surface area contributed by atoms with Crippen LogP contribution >= 0.6 is 11.3 Å². The number of hydrogen-bond acceptors (Lipinski definition) is 7. The predicted octanol–water partition coefficient (Wildman–Crippen LogP) is 2.35. The van der Waals surface area contributed by atoms with Gasteiger partial charge in [0.2, 0.25) is 11.9 Å². The van der Waals surface area contributed by atoms with Crippen LogP contribution in [0, 0.1) is 0 Å². The van der Waals surface area contributed by atoms with Gasteiger partial charge >= 0.3 is 6.01 Å². The number of nitrogens with two attached hydrogens (primary N) is 1. The summed E-state index contributed by atoms with van der Waals surface area (Å²) < 4.78 is 5.38. The molecule has 1 unspecified atom stereocenters. The first-order chi connectivity index (χ1) is 9.67. The van der Waals surface area contributed by atoms with Crippen LogP contribution in [0.25, 0.3) is 0 Å². The Labute approximate surface area is 122 Å². The number of nitrogens with zero attached hydrogens (tertiary/aromatic N) is 3. The highest BCUT2D eigenvalue weighted by Gasteiger charge is 2.09. The first kappa shape index (κ1) is 14.5. The van der Waals surface area contributed by atoms with Crippen molar-refractivity contribution in [3.63, 3.8) is 0 Å². The molecule has 0 saturated carbocycles. The Morgan fingerprint density at radius 1 is 1.40 bits per heavy atom. The van der Waals surface area contributed by atoms with Gasteiger partial charge in [0.15, 0.2) is 0 Å². The molecule has 0 aliphatic carbocycles. The number of nitrogen functional groups attached to an aromatic ring is 1. The molecule has 0 aromatic carbocycles. The van der Waals surface area contributed by atoms with Crippen molar-refractivity contribution < 1.29 is 4.74 Å². The second-order valence-corrected chi connectivity index (χ2v) is 5.31. The minimum Gasteiger partial charge on any atom is -0.463 e. The highest BCUT2D eigenvalue weighted by molar-refractivity contribution is 7.07. The minimum absolute atomic E-state index is 0.163. The van der Waals surface area contributed by atoms with Gasteiger partial charge < -0.3 is 15.8 Å². The third-order valence-electron chi connectivity index (χ3n) is 2.56. The third-order valence-corrected chi connectivity index (χ3v) is 3.30. The average Bonchev–Trinajstić information content (AvgIpc) is 2.88. The van der Waals surface area contributed by atoms with E-state index in [0.29, 0.717) is 12.6 Å². The van der Waals surface area contributed by atoms with Gasteiger partial charge in [-0.15, -0.1) is 0 Å². The number of thiophene rings is 1. The van der Waals surface area contributed by atoms with Crippen LogP contribution in [0.15, 0.2) is 16.8 Å². The summed E-state index contributed by atoms with van der Waals surface area (Å²) in [6.07, 6.45) is 1.79. The summed E-state index contributed by atoms with van der Waals surface area (Å²) in [5.41, 5.74) is 6.95. The second-order valence-electron chi connectivity index (χ2n) is 4.53. The lowest BCUT2D eigenvalue weighted by molar-refractivity contribution is 0.292. The quantitative estimate of drug-likeness (QED) is 0.815. The summed E-state index contributed by atoms with van der Waals surface area (Å²) in [4.78, 5) is 12.2. The van der Waals surface area contributed by atoms with Crippen molar-refractivity contribution in [2.24, 2.45) is 0 Å². The van der Waals surface area contributed by atoms with E-state index in [1.165, 1.54) is 5.56 Å². The molecule has 2 heterocycles. The van der Waals surface area contributed by atoms with Crippen molar-refractivity contribution in [2.75, 3.05) is 17.7 Å². The SMILES string of the molecule is CCCOc1nc(N)nc(NC(C)Cc2ccsc2)n1. The summed E-state index contributed by atoms with van der Waals surface area (Å²) in [5, 5.41) is 7.42. The summed E-state index contributed by atoms with van der Waals surface area (Å²) in [5.74, 6) is 0.614. The third kappa shape index (κ3) is 4.34. The molecule has 0 spiro atoms. The van der Waals surface area contributed by atoms with E-state index in [9.17, 15) is 0 Å². The van der Waals surface area contributed by atoms with Gasteiger partial charge in [0.1, 0.15) is 0 Å². The van der Waals surface area contributed by atoms with E-state index in [2.05, 4.69) is 44.0 Å². The zero-order chi connectivity index (χ0) is 14.4. The van der Waals surface area contributed by atoms with Crippen LogP contribution in [0.5, 0.6) is 6.01 Å². The molecule has 0 bridgehead atoms. The molecular formula is C13H19N5OS. The number of anilines is 2. The Balaban J connectivity index is 1.98. The van der Waals surface area contributed by atoms with Crippen LogP contribution in [0.3, 0.4) is 0 Å². The zero-order valence-electron chi connectivity index (χ0n) is 11.7. The molecular weight excluding hydrogens is 274 g/mol. The lowest BCUT2D eigenvalue weighted by atomic mass is 10.1. The lowest BCUT2D eigenvalue weighted by Gasteiger charge is -2.13. The van der Waals surface area contributed by atoms with E-state index in [0.717, 1.165) is 12.8 Å². The van der Waals surface area contributed by atoms with Gasteiger partial charge in [-0.1, -0.05) is 6.92 Å². The summed E-state index contributed by atoms with van der Waals surface area (Å²) in [7, 11) is 0. The number of aromatic nitrogens is 3. The maximum Gasteiger partial charge on any atom is 0.323 e. The molecule has 0 radical (unpaired) electrons. The molecule has 20 heavy (non-hydrogen) atoms. The first-order valence-electron chi connectivity index (χ1n) is 6.59. The Bertz CT molecular complexity index is 532. The molecule has 0 fully saturated rings. The standard InChI is InChI=1S/C13H19N5OS/c1-3-5-19-13-17-11(14)16-12(18-13)15-9(2)7-10-4-6-20-8-10/h4,6,8-9H,3,5,7H2,1-2H3,(H3,14,15,16,17,18). The number of hydrogen-bond donors (Lipinski definition) is 2. The highest BCUT2D eigenvalue weighted by Crippen LogP contribution is 2.13. The monoisotopic (exact) mass is 293 g/mol. The van der Waals surface area contributed by atoms with E-state index in [1.54, 1.807) is 11.3 Å². The summed E-state index contributed by atoms with van der Waals surface area (Å²) >= 11 is 1.69. The van der Waals surface area contributed by atoms with Crippen molar-refractivity contribution >= 4 is 23.2 Å². The van der Waals surface area contributed by atoms with Gasteiger partial charge in [-0.2, -0.15) is 26.3 Å². The molecule has 7 heteroatoms. The number of nitrogens with one attached hydrogen (secondary N) is 1. The van der Waals surface area contributed by atoms with Crippen LogP contribution in [0.1, 0.15) is 25.8 Å². The highest BCUT2D eigenvalue weighted by atomic mass is 32.1. The van der Waals surface area contributed by atoms with Gasteiger partial charge in [0.05, 0.1) is 6.61 Å².